The van der Waals surface area contributed by atoms with Crippen molar-refractivity contribution in [1.82, 2.24) is 0 Å². The topological polar surface area (TPSA) is 43.4 Å². The Morgan fingerprint density at radius 2 is 1.53 bits per heavy atom. The average Bonchev–Trinajstić information content (AvgIpc) is 2.73. The van der Waals surface area contributed by atoms with Gasteiger partial charge in [0.05, 0.1) is 17.1 Å². The normalized spacial score (nSPS) is 18.5. The van der Waals surface area contributed by atoms with Crippen LogP contribution in [0.2, 0.25) is 5.02 Å². The lowest BCUT2D eigenvalue weighted by Crippen LogP contribution is -2.43. The molecule has 1 unspecified atom stereocenters. The SMILES string of the molecule is O=S(=O)(c1ccc(Cl)cc1)C1(Cc2ccc(F)cc2)CCOc2c(F)ccc(F)c21. The van der Waals surface area contributed by atoms with Gasteiger partial charge in [-0.1, -0.05) is 23.7 Å². The van der Waals surface area contributed by atoms with Gasteiger partial charge >= 0.3 is 0 Å². The van der Waals surface area contributed by atoms with Crippen LogP contribution in [0.25, 0.3) is 0 Å². The van der Waals surface area contributed by atoms with E-state index in [1.807, 2.05) is 0 Å². The maximum atomic E-state index is 15.0. The minimum absolute atomic E-state index is 0.0782. The number of fused-ring (bicyclic) bond motifs is 1. The third-order valence-electron chi connectivity index (χ3n) is 5.31. The van der Waals surface area contributed by atoms with Crippen molar-refractivity contribution in [2.24, 2.45) is 0 Å². The predicted molar refractivity (Wildman–Crippen MR) is 107 cm³/mol. The Bertz CT molecular complexity index is 1200. The fraction of sp³-hybridized carbons (Fsp3) is 0.182. The average molecular weight is 453 g/mol. The second-order valence-corrected chi connectivity index (χ2v) is 9.78. The summed E-state index contributed by atoms with van der Waals surface area (Å²) in [6.07, 6.45) is -0.294. The van der Waals surface area contributed by atoms with E-state index in [4.69, 9.17) is 16.3 Å². The van der Waals surface area contributed by atoms with Gasteiger partial charge in [-0.2, -0.15) is 0 Å². The van der Waals surface area contributed by atoms with Crippen molar-refractivity contribution in [3.63, 3.8) is 0 Å². The van der Waals surface area contributed by atoms with Gasteiger partial charge in [0.15, 0.2) is 21.4 Å². The van der Waals surface area contributed by atoms with E-state index >= 15 is 4.39 Å². The minimum Gasteiger partial charge on any atom is -0.490 e. The van der Waals surface area contributed by atoms with Crippen LogP contribution in [0.3, 0.4) is 0 Å². The van der Waals surface area contributed by atoms with E-state index in [-0.39, 0.29) is 29.9 Å². The summed E-state index contributed by atoms with van der Waals surface area (Å²) >= 11 is 5.89. The Labute approximate surface area is 177 Å². The van der Waals surface area contributed by atoms with Crippen molar-refractivity contribution in [3.05, 3.63) is 94.3 Å². The third kappa shape index (κ3) is 3.36. The fourth-order valence-corrected chi connectivity index (χ4v) is 6.09. The summed E-state index contributed by atoms with van der Waals surface area (Å²) < 4.78 is 74.1. The minimum atomic E-state index is -4.24. The highest BCUT2D eigenvalue weighted by Gasteiger charge is 2.52. The van der Waals surface area contributed by atoms with Crippen LogP contribution in [0.1, 0.15) is 17.5 Å². The molecule has 8 heteroatoms. The molecule has 30 heavy (non-hydrogen) atoms. The number of ether oxygens (including phenoxy) is 1. The van der Waals surface area contributed by atoms with E-state index in [1.54, 1.807) is 0 Å². The van der Waals surface area contributed by atoms with E-state index < -0.39 is 37.8 Å². The van der Waals surface area contributed by atoms with Crippen LogP contribution in [-0.2, 0) is 21.0 Å². The van der Waals surface area contributed by atoms with Crippen molar-refractivity contribution < 1.29 is 26.3 Å². The predicted octanol–water partition coefficient (Wildman–Crippen LogP) is 5.45. The molecular weight excluding hydrogens is 437 g/mol. The molecular formula is C22H16ClF3O3S. The lowest BCUT2D eigenvalue weighted by atomic mass is 9.85. The molecule has 0 aliphatic carbocycles. The van der Waals surface area contributed by atoms with Gasteiger partial charge in [-0.25, -0.2) is 21.6 Å². The number of halogens is 4. The largest absolute Gasteiger partial charge is 0.490 e. The molecule has 0 aromatic heterocycles. The molecule has 1 aliphatic heterocycles. The number of sulfone groups is 1. The first-order valence-corrected chi connectivity index (χ1v) is 11.0. The Balaban J connectivity index is 1.99. The summed E-state index contributed by atoms with van der Waals surface area (Å²) in [6, 6.07) is 12.5. The molecule has 156 valence electrons. The van der Waals surface area contributed by atoms with Gasteiger partial charge in [0.2, 0.25) is 0 Å². The summed E-state index contributed by atoms with van der Waals surface area (Å²) in [7, 11) is -4.24. The van der Waals surface area contributed by atoms with E-state index in [9.17, 15) is 17.2 Å². The van der Waals surface area contributed by atoms with E-state index in [0.29, 0.717) is 10.6 Å². The van der Waals surface area contributed by atoms with Gasteiger partial charge in [-0.05, 0) is 60.5 Å². The van der Waals surface area contributed by atoms with Crippen LogP contribution in [0.15, 0.2) is 65.6 Å². The Morgan fingerprint density at radius 1 is 0.900 bits per heavy atom. The number of benzene rings is 3. The van der Waals surface area contributed by atoms with Crippen LogP contribution >= 0.6 is 11.6 Å². The summed E-state index contributed by atoms with van der Waals surface area (Å²) in [5.41, 5.74) is 0.110. The smallest absolute Gasteiger partial charge is 0.188 e. The highest BCUT2D eigenvalue weighted by molar-refractivity contribution is 7.92. The van der Waals surface area contributed by atoms with Gasteiger partial charge in [-0.15, -0.1) is 0 Å². The molecule has 0 radical (unpaired) electrons. The van der Waals surface area contributed by atoms with Gasteiger partial charge in [0.1, 0.15) is 16.4 Å². The second-order valence-electron chi connectivity index (χ2n) is 7.09. The third-order valence-corrected chi connectivity index (χ3v) is 8.03. The number of hydrogen-bond donors (Lipinski definition) is 0. The highest BCUT2D eigenvalue weighted by Crippen LogP contribution is 2.49. The standard InChI is InChI=1S/C22H16ClF3O3S/c23-15-3-7-17(8-4-15)30(27,28)22(13-14-1-5-16(24)6-2-14)11-12-29-21-19(26)10-9-18(25)20(21)22/h1-10H,11-13H2. The van der Waals surface area contributed by atoms with Crippen molar-refractivity contribution in [2.75, 3.05) is 6.61 Å². The van der Waals surface area contributed by atoms with E-state index in [2.05, 4.69) is 0 Å². The van der Waals surface area contributed by atoms with Crippen molar-refractivity contribution in [1.29, 1.82) is 0 Å². The quantitative estimate of drug-likeness (QED) is 0.528. The Kier molecular flexibility index (Phi) is 5.28. The van der Waals surface area contributed by atoms with Crippen LogP contribution in [0.4, 0.5) is 13.2 Å². The lowest BCUT2D eigenvalue weighted by Gasteiger charge is -2.38. The zero-order chi connectivity index (χ0) is 21.5. The monoisotopic (exact) mass is 452 g/mol. The molecule has 3 nitrogen and oxygen atoms in total. The summed E-state index contributed by atoms with van der Waals surface area (Å²) in [5.74, 6) is -2.63. The van der Waals surface area contributed by atoms with Crippen LogP contribution in [0.5, 0.6) is 5.75 Å². The summed E-state index contributed by atoms with van der Waals surface area (Å²) in [4.78, 5) is -0.0782. The molecule has 0 amide bonds. The highest BCUT2D eigenvalue weighted by atomic mass is 35.5. The van der Waals surface area contributed by atoms with Crippen LogP contribution < -0.4 is 4.74 Å². The first-order valence-electron chi connectivity index (χ1n) is 9.10. The van der Waals surface area contributed by atoms with Gasteiger partial charge < -0.3 is 4.74 Å². The van der Waals surface area contributed by atoms with Gasteiger partial charge in [0, 0.05) is 11.4 Å². The van der Waals surface area contributed by atoms with Crippen LogP contribution in [-0.4, -0.2) is 15.0 Å². The molecule has 0 bridgehead atoms. The lowest BCUT2D eigenvalue weighted by molar-refractivity contribution is 0.232. The van der Waals surface area contributed by atoms with Crippen LogP contribution in [0, 0.1) is 17.5 Å². The zero-order valence-corrected chi connectivity index (χ0v) is 17.1. The number of hydrogen-bond acceptors (Lipinski definition) is 3. The molecule has 0 N–H and O–H groups in total. The molecule has 0 fully saturated rings. The van der Waals surface area contributed by atoms with Gasteiger partial charge in [-0.3, -0.25) is 0 Å². The van der Waals surface area contributed by atoms with Gasteiger partial charge in [0.25, 0.3) is 0 Å². The zero-order valence-electron chi connectivity index (χ0n) is 15.5. The molecule has 1 heterocycles. The van der Waals surface area contributed by atoms with E-state index in [0.717, 1.165) is 12.1 Å². The fourth-order valence-electron chi connectivity index (χ4n) is 3.85. The molecule has 1 aliphatic rings. The Hall–Kier alpha value is -2.51. The summed E-state index contributed by atoms with van der Waals surface area (Å²) in [5, 5.41) is 0.339. The molecule has 0 spiro atoms. The maximum absolute atomic E-state index is 15.0. The molecule has 4 rings (SSSR count). The molecule has 0 saturated carbocycles. The number of rotatable bonds is 4. The molecule has 1 atom stereocenters. The van der Waals surface area contributed by atoms with Crippen molar-refractivity contribution >= 4 is 21.4 Å². The Morgan fingerprint density at radius 3 is 2.20 bits per heavy atom. The summed E-state index contributed by atoms with van der Waals surface area (Å²) in [6.45, 7) is -0.124. The van der Waals surface area contributed by atoms with Crippen molar-refractivity contribution in [2.45, 2.75) is 22.5 Å². The molecule has 0 saturated heterocycles. The second kappa shape index (κ2) is 7.63. The maximum Gasteiger partial charge on any atom is 0.188 e. The first-order chi connectivity index (χ1) is 14.2. The first kappa shape index (κ1) is 20.8. The van der Waals surface area contributed by atoms with Crippen molar-refractivity contribution in [3.8, 4) is 5.75 Å². The van der Waals surface area contributed by atoms with E-state index in [1.165, 1.54) is 48.5 Å². The molecule has 3 aromatic rings. The molecule has 3 aromatic carbocycles.